The van der Waals surface area contributed by atoms with Crippen LogP contribution in [0.5, 0.6) is 0 Å². The minimum atomic E-state index is -4.70. The first kappa shape index (κ1) is 29.6. The first-order chi connectivity index (χ1) is 18.8. The van der Waals surface area contributed by atoms with Crippen LogP contribution in [0.3, 0.4) is 0 Å². The van der Waals surface area contributed by atoms with E-state index in [2.05, 4.69) is 30.6 Å². The highest BCUT2D eigenvalue weighted by Gasteiger charge is 2.34. The largest absolute Gasteiger partial charge is 0.418 e. The number of hydrogen-bond acceptors (Lipinski definition) is 8. The van der Waals surface area contributed by atoms with Crippen molar-refractivity contribution >= 4 is 74.9 Å². The zero-order valence-electron chi connectivity index (χ0n) is 20.9. The Bertz CT molecular complexity index is 1620. The number of halogens is 5. The quantitative estimate of drug-likeness (QED) is 0.204. The predicted molar refractivity (Wildman–Crippen MR) is 151 cm³/mol. The highest BCUT2D eigenvalue weighted by atomic mass is 35.5. The van der Waals surface area contributed by atoms with Crippen LogP contribution in [0, 0.1) is 6.92 Å². The highest BCUT2D eigenvalue weighted by Crippen LogP contribution is 2.35. The molecule has 8 nitrogen and oxygen atoms in total. The number of carbonyl (C=O) groups excluding carboxylic acids is 2. The Labute approximate surface area is 244 Å². The van der Waals surface area contributed by atoms with Crippen LogP contribution in [0.25, 0.3) is 0 Å². The molecule has 0 aliphatic rings. The van der Waals surface area contributed by atoms with Gasteiger partial charge in [0.15, 0.2) is 0 Å². The van der Waals surface area contributed by atoms with Crippen LogP contribution in [0.1, 0.15) is 60.4 Å². The summed E-state index contributed by atoms with van der Waals surface area (Å²) in [5.74, 6) is -1.30. The Morgan fingerprint density at radius 1 is 0.950 bits per heavy atom. The summed E-state index contributed by atoms with van der Waals surface area (Å²) in [6.07, 6.45) is -1.11. The molecule has 0 saturated carbocycles. The molecule has 208 valence electrons. The maximum atomic E-state index is 13.1. The van der Waals surface area contributed by atoms with E-state index >= 15 is 0 Å². The summed E-state index contributed by atoms with van der Waals surface area (Å²) < 4.78 is 39.3. The van der Waals surface area contributed by atoms with Crippen molar-refractivity contribution in [2.45, 2.75) is 33.0 Å². The van der Waals surface area contributed by atoms with E-state index in [-0.39, 0.29) is 16.6 Å². The SMILES string of the molecule is CC(=NC(C)c1ncc(C(=O)Nc2ccc(Cl)c(C)c2)s1)c1ncc(C(=O)Nc2cc(C(F)(F)F)c(Cl)cn2)s1. The van der Waals surface area contributed by atoms with E-state index in [0.717, 1.165) is 23.1 Å². The normalized spacial score (nSPS) is 12.8. The molecule has 0 radical (unpaired) electrons. The molecule has 1 aromatic carbocycles. The number of aromatic nitrogens is 3. The van der Waals surface area contributed by atoms with E-state index in [9.17, 15) is 22.8 Å². The Kier molecular flexibility index (Phi) is 8.88. The van der Waals surface area contributed by atoms with Crippen molar-refractivity contribution in [1.82, 2.24) is 15.0 Å². The van der Waals surface area contributed by atoms with E-state index in [4.69, 9.17) is 23.2 Å². The monoisotopic (exact) mass is 626 g/mol. The lowest BCUT2D eigenvalue weighted by atomic mass is 10.2. The lowest BCUT2D eigenvalue weighted by Gasteiger charge is -2.10. The van der Waals surface area contributed by atoms with Gasteiger partial charge in [-0.2, -0.15) is 13.2 Å². The van der Waals surface area contributed by atoms with Crippen LogP contribution in [0.4, 0.5) is 24.7 Å². The van der Waals surface area contributed by atoms with Gasteiger partial charge in [-0.1, -0.05) is 23.2 Å². The Hall–Kier alpha value is -3.39. The average Bonchev–Trinajstić information content (AvgIpc) is 3.57. The Morgan fingerprint density at radius 3 is 2.33 bits per heavy atom. The third-order valence-corrected chi connectivity index (χ3v) is 8.35. The van der Waals surface area contributed by atoms with Gasteiger partial charge >= 0.3 is 6.18 Å². The number of thiazole rings is 2. The number of amides is 2. The molecular formula is C25H19Cl2F3N6O2S2. The van der Waals surface area contributed by atoms with Crippen LogP contribution in [0.15, 0.2) is 47.8 Å². The van der Waals surface area contributed by atoms with Crippen molar-refractivity contribution in [3.8, 4) is 0 Å². The molecule has 0 saturated heterocycles. The van der Waals surface area contributed by atoms with Crippen molar-refractivity contribution in [3.05, 3.63) is 83.8 Å². The molecule has 3 aromatic heterocycles. The molecule has 2 amide bonds. The molecular weight excluding hydrogens is 608 g/mol. The van der Waals surface area contributed by atoms with E-state index in [1.807, 2.05) is 6.92 Å². The zero-order chi connectivity index (χ0) is 29.2. The predicted octanol–water partition coefficient (Wildman–Crippen LogP) is 7.70. The van der Waals surface area contributed by atoms with E-state index in [1.165, 1.54) is 23.7 Å². The number of nitrogens with one attached hydrogen (secondary N) is 2. The van der Waals surface area contributed by atoms with E-state index in [1.54, 1.807) is 32.0 Å². The van der Waals surface area contributed by atoms with Crippen molar-refractivity contribution in [1.29, 1.82) is 0 Å². The fraction of sp³-hybridized carbons (Fsp3) is 0.200. The molecule has 4 rings (SSSR count). The first-order valence-electron chi connectivity index (χ1n) is 11.4. The van der Waals surface area contributed by atoms with E-state index < -0.39 is 28.7 Å². The number of benzene rings is 1. The topological polar surface area (TPSA) is 109 Å². The maximum Gasteiger partial charge on any atom is 0.418 e. The lowest BCUT2D eigenvalue weighted by Crippen LogP contribution is -2.13. The summed E-state index contributed by atoms with van der Waals surface area (Å²) in [6, 6.07) is 5.43. The van der Waals surface area contributed by atoms with Crippen LogP contribution in [-0.4, -0.2) is 32.5 Å². The number of aliphatic imine (C=N–C) groups is 1. The fourth-order valence-electron chi connectivity index (χ4n) is 3.35. The maximum absolute atomic E-state index is 13.1. The molecule has 3 heterocycles. The van der Waals surface area contributed by atoms with Gasteiger partial charge in [-0.3, -0.25) is 14.6 Å². The summed E-state index contributed by atoms with van der Waals surface area (Å²) in [6.45, 7) is 5.35. The molecule has 0 aliphatic heterocycles. The zero-order valence-corrected chi connectivity index (χ0v) is 24.1. The molecule has 1 atom stereocenters. The molecule has 40 heavy (non-hydrogen) atoms. The molecule has 15 heteroatoms. The standard InChI is InChI=1S/C25H19Cl2F3N6O2S2/c1-11-6-14(4-5-16(11)26)35-21(37)18-9-32-23(39-18)12(2)34-13(3)24-33-10-19(40-24)22(38)36-20-7-15(25(28,29)30)17(27)8-31-20/h4-10,12H,1-3H3,(H,35,37)(H,31,36,38). The number of alkyl halides is 3. The molecule has 0 bridgehead atoms. The fourth-order valence-corrected chi connectivity index (χ4v) is 5.24. The number of pyridine rings is 1. The molecule has 1 unspecified atom stereocenters. The summed E-state index contributed by atoms with van der Waals surface area (Å²) in [5, 5.41) is 6.20. The number of aryl methyl sites for hydroxylation is 1. The van der Waals surface area contributed by atoms with Crippen LogP contribution >= 0.6 is 45.9 Å². The second-order valence-electron chi connectivity index (χ2n) is 8.40. The van der Waals surface area contributed by atoms with E-state index in [0.29, 0.717) is 37.4 Å². The van der Waals surface area contributed by atoms with Crippen LogP contribution < -0.4 is 10.6 Å². The number of hydrogen-bond donors (Lipinski definition) is 2. The first-order valence-corrected chi connectivity index (χ1v) is 13.8. The molecule has 0 spiro atoms. The van der Waals surface area contributed by atoms with Gasteiger partial charge in [0.2, 0.25) is 0 Å². The molecule has 0 fully saturated rings. The van der Waals surface area contributed by atoms with Gasteiger partial charge in [-0.25, -0.2) is 15.0 Å². The number of carbonyl (C=O) groups is 2. The van der Waals surface area contributed by atoms with Gasteiger partial charge in [0, 0.05) is 16.9 Å². The van der Waals surface area contributed by atoms with Crippen molar-refractivity contribution < 1.29 is 22.8 Å². The Balaban J connectivity index is 1.42. The third kappa shape index (κ3) is 7.02. The van der Waals surface area contributed by atoms with Gasteiger partial charge in [0.1, 0.15) is 25.6 Å². The van der Waals surface area contributed by atoms with Gasteiger partial charge in [-0.05, 0) is 50.6 Å². The average molecular weight is 628 g/mol. The summed E-state index contributed by atoms with van der Waals surface area (Å²) >= 11 is 13.8. The van der Waals surface area contributed by atoms with Gasteiger partial charge < -0.3 is 10.6 Å². The van der Waals surface area contributed by atoms with Gasteiger partial charge in [-0.15, -0.1) is 22.7 Å². The van der Waals surface area contributed by atoms with Crippen molar-refractivity contribution in [3.63, 3.8) is 0 Å². The minimum absolute atomic E-state index is 0.146. The highest BCUT2D eigenvalue weighted by molar-refractivity contribution is 7.15. The summed E-state index contributed by atoms with van der Waals surface area (Å²) in [5.41, 5.74) is 0.852. The number of nitrogens with zero attached hydrogens (tertiary/aromatic N) is 4. The number of rotatable bonds is 7. The second kappa shape index (κ2) is 12.0. The smallest absolute Gasteiger partial charge is 0.321 e. The minimum Gasteiger partial charge on any atom is -0.321 e. The van der Waals surface area contributed by atoms with Gasteiger partial charge in [0.05, 0.1) is 34.7 Å². The van der Waals surface area contributed by atoms with Gasteiger partial charge in [0.25, 0.3) is 11.8 Å². The van der Waals surface area contributed by atoms with Crippen LogP contribution in [-0.2, 0) is 6.18 Å². The molecule has 0 aliphatic carbocycles. The summed E-state index contributed by atoms with van der Waals surface area (Å²) in [7, 11) is 0. The third-order valence-electron chi connectivity index (χ3n) is 5.35. The molecule has 2 N–H and O–H groups in total. The van der Waals surface area contributed by atoms with Crippen LogP contribution in [0.2, 0.25) is 10.0 Å². The summed E-state index contributed by atoms with van der Waals surface area (Å²) in [4.78, 5) is 42.6. The van der Waals surface area contributed by atoms with Crippen molar-refractivity contribution in [2.24, 2.45) is 4.99 Å². The molecule has 4 aromatic rings. The van der Waals surface area contributed by atoms with Crippen molar-refractivity contribution in [2.75, 3.05) is 10.6 Å². The Morgan fingerprint density at radius 2 is 1.62 bits per heavy atom. The number of anilines is 2. The lowest BCUT2D eigenvalue weighted by molar-refractivity contribution is -0.137. The second-order valence-corrected chi connectivity index (χ2v) is 11.3.